The Morgan fingerprint density at radius 1 is 1.47 bits per heavy atom. The van der Waals surface area contributed by atoms with Gasteiger partial charge < -0.3 is 20.5 Å². The summed E-state index contributed by atoms with van der Waals surface area (Å²) < 4.78 is 4.69. The van der Waals surface area contributed by atoms with Crippen LogP contribution in [0.2, 0.25) is 0 Å². The molecule has 0 heterocycles. The van der Waals surface area contributed by atoms with Gasteiger partial charge in [-0.05, 0) is 18.6 Å². The summed E-state index contributed by atoms with van der Waals surface area (Å²) >= 11 is 0. The minimum absolute atomic E-state index is 0.0669. The highest BCUT2D eigenvalue weighted by atomic mass is 16.5. The third kappa shape index (κ3) is 5.12. The lowest BCUT2D eigenvalue weighted by Crippen LogP contribution is -2.31. The fourth-order valence-electron chi connectivity index (χ4n) is 1.24. The predicted octanol–water partition coefficient (Wildman–Crippen LogP) is 1.55. The van der Waals surface area contributed by atoms with Crippen molar-refractivity contribution in [2.75, 3.05) is 18.5 Å². The lowest BCUT2D eigenvalue weighted by atomic mass is 10.2. The number of nitrogens with one attached hydrogen (secondary N) is 2. The van der Waals surface area contributed by atoms with Crippen LogP contribution in [0.1, 0.15) is 5.56 Å². The Balaban J connectivity index is 2.33. The highest BCUT2D eigenvalue weighted by Gasteiger charge is 2.03. The lowest BCUT2D eigenvalue weighted by molar-refractivity contribution is -0.137. The van der Waals surface area contributed by atoms with Gasteiger partial charge in [0.15, 0.2) is 0 Å². The van der Waals surface area contributed by atoms with Gasteiger partial charge in [-0.25, -0.2) is 9.59 Å². The summed E-state index contributed by atoms with van der Waals surface area (Å²) in [5, 5.41) is 14.5. The van der Waals surface area contributed by atoms with Crippen molar-refractivity contribution in [3.63, 3.8) is 0 Å². The Morgan fingerprint density at radius 2 is 2.21 bits per heavy atom. The number of carbonyl (C=O) groups excluding carboxylic acids is 2. The number of hydrogen-bond acceptors (Lipinski definition) is 4. The predicted molar refractivity (Wildman–Crippen MR) is 71.0 cm³/mol. The Labute approximate surface area is 111 Å². The second-order valence-corrected chi connectivity index (χ2v) is 3.75. The quantitative estimate of drug-likeness (QED) is 0.428. The Morgan fingerprint density at radius 3 is 2.84 bits per heavy atom. The second-order valence-electron chi connectivity index (χ2n) is 3.75. The number of aryl methyl sites for hydroxylation is 1. The van der Waals surface area contributed by atoms with E-state index in [1.54, 1.807) is 19.1 Å². The third-order valence-corrected chi connectivity index (χ3v) is 2.27. The molecule has 6 heteroatoms. The number of hydrogen-bond donors (Lipinski definition) is 3. The molecule has 3 N–H and O–H groups in total. The van der Waals surface area contributed by atoms with Crippen LogP contribution in [0.25, 0.3) is 0 Å². The molecule has 1 rings (SSSR count). The van der Waals surface area contributed by atoms with Gasteiger partial charge in [-0.3, -0.25) is 0 Å². The number of phenolic OH excluding ortho intramolecular Hbond substituents is 1. The molecule has 0 fully saturated rings. The molecule has 0 aromatic heterocycles. The van der Waals surface area contributed by atoms with E-state index in [4.69, 9.17) is 0 Å². The molecule has 6 nitrogen and oxygen atoms in total. The maximum atomic E-state index is 11.5. The van der Waals surface area contributed by atoms with Gasteiger partial charge >= 0.3 is 12.0 Å². The Hall–Kier alpha value is -2.50. The summed E-state index contributed by atoms with van der Waals surface area (Å²) in [5.74, 6) is -0.427. The number of rotatable bonds is 5. The molecule has 0 atom stereocenters. The number of benzene rings is 1. The van der Waals surface area contributed by atoms with Crippen molar-refractivity contribution in [3.8, 4) is 5.75 Å². The average molecular weight is 264 g/mol. The number of amides is 2. The van der Waals surface area contributed by atoms with Crippen LogP contribution in [0.3, 0.4) is 0 Å². The van der Waals surface area contributed by atoms with E-state index in [-0.39, 0.29) is 18.9 Å². The van der Waals surface area contributed by atoms with Crippen LogP contribution in [0.5, 0.6) is 5.75 Å². The first-order valence-electron chi connectivity index (χ1n) is 5.66. The summed E-state index contributed by atoms with van der Waals surface area (Å²) in [6.45, 7) is 5.26. The average Bonchev–Trinajstić information content (AvgIpc) is 2.38. The van der Waals surface area contributed by atoms with Crippen molar-refractivity contribution in [3.05, 3.63) is 36.4 Å². The first-order valence-corrected chi connectivity index (χ1v) is 5.66. The van der Waals surface area contributed by atoms with Crippen molar-refractivity contribution in [1.29, 1.82) is 0 Å². The molecule has 102 valence electrons. The molecule has 19 heavy (non-hydrogen) atoms. The van der Waals surface area contributed by atoms with Crippen LogP contribution < -0.4 is 10.6 Å². The molecule has 0 saturated heterocycles. The number of carbonyl (C=O) groups is 2. The number of anilines is 1. The Kier molecular flexibility index (Phi) is 5.40. The van der Waals surface area contributed by atoms with E-state index in [0.717, 1.165) is 11.6 Å². The van der Waals surface area contributed by atoms with Crippen LogP contribution in [0.15, 0.2) is 30.9 Å². The first-order chi connectivity index (χ1) is 9.02. The van der Waals surface area contributed by atoms with Crippen LogP contribution in [0, 0.1) is 6.92 Å². The fraction of sp³-hybridized carbons (Fsp3) is 0.231. The van der Waals surface area contributed by atoms with E-state index < -0.39 is 12.0 Å². The molecule has 0 aliphatic heterocycles. The number of ether oxygens (including phenoxy) is 1. The first kappa shape index (κ1) is 14.6. The van der Waals surface area contributed by atoms with Gasteiger partial charge in [0.05, 0.1) is 6.54 Å². The Bertz CT molecular complexity index is 486. The van der Waals surface area contributed by atoms with E-state index in [2.05, 4.69) is 21.9 Å². The standard InChI is InChI=1S/C13H16N2O4/c1-3-12(17)19-7-6-14-13(18)15-10-5-4-9(2)11(16)8-10/h3-5,8,16H,1,6-7H2,2H3,(H2,14,15,18). The normalized spacial score (nSPS) is 9.53. The summed E-state index contributed by atoms with van der Waals surface area (Å²) in [7, 11) is 0. The van der Waals surface area contributed by atoms with Gasteiger partial charge in [0.25, 0.3) is 0 Å². The SMILES string of the molecule is C=CC(=O)OCCNC(=O)Nc1ccc(C)c(O)c1. The highest BCUT2D eigenvalue weighted by Crippen LogP contribution is 2.20. The molecule has 1 aromatic rings. The zero-order chi connectivity index (χ0) is 14.3. The fourth-order valence-corrected chi connectivity index (χ4v) is 1.24. The van der Waals surface area contributed by atoms with Crippen LogP contribution >= 0.6 is 0 Å². The second kappa shape index (κ2) is 7.05. The minimum atomic E-state index is -0.536. The highest BCUT2D eigenvalue weighted by molar-refractivity contribution is 5.89. The van der Waals surface area contributed by atoms with Crippen LogP contribution in [-0.4, -0.2) is 30.3 Å². The molecule has 0 radical (unpaired) electrons. The smallest absolute Gasteiger partial charge is 0.330 e. The molecule has 1 aromatic carbocycles. The topological polar surface area (TPSA) is 87.7 Å². The molecule has 0 unspecified atom stereocenters. The van der Waals surface area contributed by atoms with E-state index in [1.165, 1.54) is 6.07 Å². The number of phenols is 1. The molecular formula is C13H16N2O4. The summed E-state index contributed by atoms with van der Waals surface area (Å²) in [6.07, 6.45) is 1.05. The maximum Gasteiger partial charge on any atom is 0.330 e. The zero-order valence-corrected chi connectivity index (χ0v) is 10.6. The summed E-state index contributed by atoms with van der Waals surface area (Å²) in [5.41, 5.74) is 1.20. The van der Waals surface area contributed by atoms with E-state index in [9.17, 15) is 14.7 Å². The van der Waals surface area contributed by atoms with Gasteiger partial charge in [-0.2, -0.15) is 0 Å². The molecule has 0 spiro atoms. The van der Waals surface area contributed by atoms with Gasteiger partial charge in [0.1, 0.15) is 12.4 Å². The number of esters is 1. The van der Waals surface area contributed by atoms with Crippen molar-refractivity contribution < 1.29 is 19.4 Å². The monoisotopic (exact) mass is 264 g/mol. The summed E-state index contributed by atoms with van der Waals surface area (Å²) in [4.78, 5) is 22.2. The molecule has 2 amide bonds. The number of urea groups is 1. The zero-order valence-electron chi connectivity index (χ0n) is 10.6. The third-order valence-electron chi connectivity index (χ3n) is 2.27. The van der Waals surface area contributed by atoms with Gasteiger partial charge in [0.2, 0.25) is 0 Å². The minimum Gasteiger partial charge on any atom is -0.508 e. The molecule has 0 aliphatic rings. The van der Waals surface area contributed by atoms with Crippen molar-refractivity contribution in [2.24, 2.45) is 0 Å². The van der Waals surface area contributed by atoms with Gasteiger partial charge in [0, 0.05) is 17.8 Å². The van der Waals surface area contributed by atoms with E-state index >= 15 is 0 Å². The van der Waals surface area contributed by atoms with Crippen molar-refractivity contribution >= 4 is 17.7 Å². The van der Waals surface area contributed by atoms with Gasteiger partial charge in [-0.1, -0.05) is 12.6 Å². The molecule has 0 bridgehead atoms. The molecule has 0 aliphatic carbocycles. The van der Waals surface area contributed by atoms with E-state index in [1.807, 2.05) is 0 Å². The van der Waals surface area contributed by atoms with E-state index in [0.29, 0.717) is 5.69 Å². The largest absolute Gasteiger partial charge is 0.508 e. The maximum absolute atomic E-state index is 11.5. The van der Waals surface area contributed by atoms with Crippen molar-refractivity contribution in [1.82, 2.24) is 5.32 Å². The molecule has 0 saturated carbocycles. The van der Waals surface area contributed by atoms with Crippen LogP contribution in [0.4, 0.5) is 10.5 Å². The number of aromatic hydroxyl groups is 1. The summed E-state index contributed by atoms with van der Waals surface area (Å²) in [6, 6.07) is 4.37. The molecular weight excluding hydrogens is 248 g/mol. The van der Waals surface area contributed by atoms with Gasteiger partial charge in [-0.15, -0.1) is 0 Å². The van der Waals surface area contributed by atoms with Crippen LogP contribution in [-0.2, 0) is 9.53 Å². The van der Waals surface area contributed by atoms with Crippen molar-refractivity contribution in [2.45, 2.75) is 6.92 Å². The lowest BCUT2D eigenvalue weighted by Gasteiger charge is -2.08.